The lowest BCUT2D eigenvalue weighted by Crippen LogP contribution is -2.52. The van der Waals surface area contributed by atoms with Crippen molar-refractivity contribution in [1.29, 1.82) is 0 Å². The first kappa shape index (κ1) is 11.2. The van der Waals surface area contributed by atoms with Gasteiger partial charge in [-0.05, 0) is 12.8 Å². The molecule has 6 nitrogen and oxygen atoms in total. The molecular weight excluding hydrogens is 210 g/mol. The number of hydrogen-bond acceptors (Lipinski definition) is 3. The number of rotatable bonds is 1. The standard InChI is InChI=1S/C10H17N3O3/c11-9(14)8-2-1-3-13(8)10(15)12-4-6-16-7-5-12/h8H,1-7H2,(H2,11,14)/t8-/m0/s1. The second-order valence-electron chi connectivity index (χ2n) is 4.14. The molecule has 6 heteroatoms. The van der Waals surface area contributed by atoms with Crippen molar-refractivity contribution in [2.24, 2.45) is 5.73 Å². The number of amides is 3. The van der Waals surface area contributed by atoms with Crippen LogP contribution in [0.25, 0.3) is 0 Å². The molecule has 0 aromatic carbocycles. The van der Waals surface area contributed by atoms with Crippen molar-refractivity contribution in [3.63, 3.8) is 0 Å². The van der Waals surface area contributed by atoms with Crippen molar-refractivity contribution in [3.8, 4) is 0 Å². The van der Waals surface area contributed by atoms with E-state index in [4.69, 9.17) is 10.5 Å². The van der Waals surface area contributed by atoms with Crippen molar-refractivity contribution < 1.29 is 14.3 Å². The van der Waals surface area contributed by atoms with Crippen molar-refractivity contribution in [3.05, 3.63) is 0 Å². The predicted octanol–water partition coefficient (Wildman–Crippen LogP) is -0.612. The van der Waals surface area contributed by atoms with Crippen LogP contribution in [-0.4, -0.2) is 60.6 Å². The molecule has 2 saturated heterocycles. The first-order chi connectivity index (χ1) is 7.70. The van der Waals surface area contributed by atoms with E-state index < -0.39 is 11.9 Å². The van der Waals surface area contributed by atoms with E-state index in [1.807, 2.05) is 0 Å². The summed E-state index contributed by atoms with van der Waals surface area (Å²) in [6, 6.07) is -0.500. The number of likely N-dealkylation sites (tertiary alicyclic amines) is 1. The molecule has 2 fully saturated rings. The topological polar surface area (TPSA) is 75.9 Å². The van der Waals surface area contributed by atoms with Crippen molar-refractivity contribution >= 4 is 11.9 Å². The Labute approximate surface area is 94.3 Å². The molecule has 0 bridgehead atoms. The minimum atomic E-state index is -0.421. The third kappa shape index (κ3) is 2.11. The Kier molecular flexibility index (Phi) is 3.28. The number of primary amides is 1. The van der Waals surface area contributed by atoms with E-state index >= 15 is 0 Å². The van der Waals surface area contributed by atoms with E-state index in [0.29, 0.717) is 39.3 Å². The Morgan fingerprint density at radius 3 is 2.50 bits per heavy atom. The maximum Gasteiger partial charge on any atom is 0.320 e. The van der Waals surface area contributed by atoms with Crippen molar-refractivity contribution in [1.82, 2.24) is 9.80 Å². The fraction of sp³-hybridized carbons (Fsp3) is 0.800. The van der Waals surface area contributed by atoms with Gasteiger partial charge in [-0.2, -0.15) is 0 Å². The molecule has 2 aliphatic rings. The predicted molar refractivity (Wildman–Crippen MR) is 56.7 cm³/mol. The molecule has 90 valence electrons. The van der Waals surface area contributed by atoms with Crippen LogP contribution in [0.15, 0.2) is 0 Å². The van der Waals surface area contributed by atoms with Crippen molar-refractivity contribution in [2.75, 3.05) is 32.8 Å². The summed E-state index contributed by atoms with van der Waals surface area (Å²) in [5.41, 5.74) is 5.28. The molecule has 2 aliphatic heterocycles. The van der Waals surface area contributed by atoms with Gasteiger partial charge in [-0.3, -0.25) is 4.79 Å². The molecule has 0 unspecified atom stereocenters. The monoisotopic (exact) mass is 227 g/mol. The van der Waals surface area contributed by atoms with Crippen LogP contribution in [-0.2, 0) is 9.53 Å². The highest BCUT2D eigenvalue weighted by Gasteiger charge is 2.35. The van der Waals surface area contributed by atoms with Crippen LogP contribution in [0.4, 0.5) is 4.79 Å². The highest BCUT2D eigenvalue weighted by atomic mass is 16.5. The molecule has 0 spiro atoms. The summed E-state index contributed by atoms with van der Waals surface area (Å²) in [6.07, 6.45) is 1.54. The number of hydrogen-bond donors (Lipinski definition) is 1. The van der Waals surface area contributed by atoms with Gasteiger partial charge in [0.05, 0.1) is 13.2 Å². The first-order valence-corrected chi connectivity index (χ1v) is 5.63. The van der Waals surface area contributed by atoms with Crippen LogP contribution in [0, 0.1) is 0 Å². The lowest BCUT2D eigenvalue weighted by molar-refractivity contribution is -0.121. The van der Waals surface area contributed by atoms with Crippen LogP contribution in [0.1, 0.15) is 12.8 Å². The number of urea groups is 1. The molecule has 0 aromatic rings. The molecular formula is C10H17N3O3. The number of ether oxygens (including phenoxy) is 1. The van der Waals surface area contributed by atoms with E-state index in [0.717, 1.165) is 6.42 Å². The van der Waals surface area contributed by atoms with E-state index in [1.54, 1.807) is 9.80 Å². The Morgan fingerprint density at radius 1 is 1.19 bits per heavy atom. The van der Waals surface area contributed by atoms with E-state index in [-0.39, 0.29) is 6.03 Å². The van der Waals surface area contributed by atoms with Gasteiger partial charge in [-0.1, -0.05) is 0 Å². The van der Waals surface area contributed by atoms with Gasteiger partial charge in [0.15, 0.2) is 0 Å². The highest BCUT2D eigenvalue weighted by Crippen LogP contribution is 2.19. The number of carbonyl (C=O) groups excluding carboxylic acids is 2. The zero-order chi connectivity index (χ0) is 11.5. The third-order valence-corrected chi connectivity index (χ3v) is 3.11. The second kappa shape index (κ2) is 4.69. The highest BCUT2D eigenvalue weighted by molar-refractivity contribution is 5.86. The summed E-state index contributed by atoms with van der Waals surface area (Å²) in [6.45, 7) is 2.97. The second-order valence-corrected chi connectivity index (χ2v) is 4.14. The Morgan fingerprint density at radius 2 is 1.88 bits per heavy atom. The zero-order valence-corrected chi connectivity index (χ0v) is 9.22. The summed E-state index contributed by atoms with van der Waals surface area (Å²) >= 11 is 0. The summed E-state index contributed by atoms with van der Waals surface area (Å²) in [7, 11) is 0. The van der Waals surface area contributed by atoms with Crippen LogP contribution < -0.4 is 5.73 Å². The van der Waals surface area contributed by atoms with Crippen LogP contribution in [0.2, 0.25) is 0 Å². The van der Waals surface area contributed by atoms with E-state index in [1.165, 1.54) is 0 Å². The molecule has 0 saturated carbocycles. The van der Waals surface area contributed by atoms with E-state index in [2.05, 4.69) is 0 Å². The largest absolute Gasteiger partial charge is 0.378 e. The van der Waals surface area contributed by atoms with Gasteiger partial charge < -0.3 is 20.3 Å². The number of nitrogens with two attached hydrogens (primary N) is 1. The molecule has 1 atom stereocenters. The van der Waals surface area contributed by atoms with Gasteiger partial charge in [0.1, 0.15) is 6.04 Å². The summed E-state index contributed by atoms with van der Waals surface area (Å²) in [5.74, 6) is -0.404. The Hall–Kier alpha value is -1.30. The zero-order valence-electron chi connectivity index (χ0n) is 9.22. The van der Waals surface area contributed by atoms with Crippen LogP contribution in [0.5, 0.6) is 0 Å². The van der Waals surface area contributed by atoms with Crippen LogP contribution in [0.3, 0.4) is 0 Å². The molecule has 2 N–H and O–H groups in total. The maximum absolute atomic E-state index is 12.1. The van der Waals surface area contributed by atoms with Gasteiger partial charge in [0.25, 0.3) is 0 Å². The summed E-state index contributed by atoms with van der Waals surface area (Å²) in [5, 5.41) is 0. The lowest BCUT2D eigenvalue weighted by Gasteiger charge is -2.32. The number of carbonyl (C=O) groups is 2. The molecule has 0 radical (unpaired) electrons. The van der Waals surface area contributed by atoms with Gasteiger partial charge in [-0.25, -0.2) is 4.79 Å². The first-order valence-electron chi connectivity index (χ1n) is 5.63. The quantitative estimate of drug-likeness (QED) is 0.649. The fourth-order valence-electron chi connectivity index (χ4n) is 2.23. The smallest absolute Gasteiger partial charge is 0.320 e. The lowest BCUT2D eigenvalue weighted by atomic mass is 10.2. The van der Waals surface area contributed by atoms with Crippen LogP contribution >= 0.6 is 0 Å². The van der Waals surface area contributed by atoms with Gasteiger partial charge in [0, 0.05) is 19.6 Å². The SMILES string of the molecule is NC(=O)[C@@H]1CCCN1C(=O)N1CCOCC1. The molecule has 2 rings (SSSR count). The minimum Gasteiger partial charge on any atom is -0.378 e. The molecule has 3 amide bonds. The van der Waals surface area contributed by atoms with Gasteiger partial charge in [0.2, 0.25) is 5.91 Å². The fourth-order valence-corrected chi connectivity index (χ4v) is 2.23. The third-order valence-electron chi connectivity index (χ3n) is 3.11. The summed E-state index contributed by atoms with van der Waals surface area (Å²) in [4.78, 5) is 26.6. The summed E-state index contributed by atoms with van der Waals surface area (Å²) < 4.78 is 5.18. The Balaban J connectivity index is 1.99. The molecule has 16 heavy (non-hydrogen) atoms. The molecule has 0 aromatic heterocycles. The minimum absolute atomic E-state index is 0.0791. The normalized spacial score (nSPS) is 25.9. The molecule has 0 aliphatic carbocycles. The number of morpholine rings is 1. The van der Waals surface area contributed by atoms with Gasteiger partial charge in [-0.15, -0.1) is 0 Å². The number of nitrogens with zero attached hydrogens (tertiary/aromatic N) is 2. The molecule has 2 heterocycles. The average Bonchev–Trinajstić information content (AvgIpc) is 2.78. The maximum atomic E-state index is 12.1. The van der Waals surface area contributed by atoms with Crippen molar-refractivity contribution in [2.45, 2.75) is 18.9 Å². The van der Waals surface area contributed by atoms with Gasteiger partial charge >= 0.3 is 6.03 Å². The van der Waals surface area contributed by atoms with E-state index in [9.17, 15) is 9.59 Å². The Bertz CT molecular complexity index is 289. The average molecular weight is 227 g/mol.